The Labute approximate surface area is 78.8 Å². The minimum absolute atomic E-state index is 0.390. The van der Waals surface area contributed by atoms with Crippen molar-refractivity contribution in [1.82, 2.24) is 0 Å². The normalized spacial score (nSPS) is 19.2. The molecule has 0 bridgehead atoms. The number of aldehydes is 1. The third kappa shape index (κ3) is 1.39. The summed E-state index contributed by atoms with van der Waals surface area (Å²) >= 11 is 0. The maximum Gasteiger partial charge on any atom is 0.150 e. The zero-order valence-corrected chi connectivity index (χ0v) is 7.92. The second-order valence-corrected chi connectivity index (χ2v) is 4.15. The van der Waals surface area contributed by atoms with Gasteiger partial charge in [0, 0.05) is 5.56 Å². The predicted octanol–water partition coefficient (Wildman–Crippen LogP) is 2.94. The monoisotopic (exact) mass is 174 g/mol. The lowest BCUT2D eigenvalue weighted by molar-refractivity contribution is 0.112. The molecule has 13 heavy (non-hydrogen) atoms. The lowest BCUT2D eigenvalue weighted by atomic mass is 9.66. The van der Waals surface area contributed by atoms with Crippen molar-refractivity contribution in [3.63, 3.8) is 0 Å². The Morgan fingerprint density at radius 3 is 2.23 bits per heavy atom. The molecule has 0 radical (unpaired) electrons. The highest BCUT2D eigenvalue weighted by atomic mass is 16.1. The van der Waals surface area contributed by atoms with E-state index in [1.165, 1.54) is 24.8 Å². The van der Waals surface area contributed by atoms with Gasteiger partial charge in [0.1, 0.15) is 6.29 Å². The van der Waals surface area contributed by atoms with Crippen LogP contribution in [0.3, 0.4) is 0 Å². The summed E-state index contributed by atoms with van der Waals surface area (Å²) in [5, 5.41) is 0. The third-order valence-corrected chi connectivity index (χ3v) is 3.20. The molecule has 1 aromatic rings. The van der Waals surface area contributed by atoms with Crippen molar-refractivity contribution in [2.24, 2.45) is 0 Å². The van der Waals surface area contributed by atoms with Crippen molar-refractivity contribution in [2.45, 2.75) is 31.6 Å². The van der Waals surface area contributed by atoms with Crippen molar-refractivity contribution in [3.05, 3.63) is 35.4 Å². The molecular formula is C12H14O. The van der Waals surface area contributed by atoms with Crippen molar-refractivity contribution < 1.29 is 4.79 Å². The van der Waals surface area contributed by atoms with Gasteiger partial charge in [0.2, 0.25) is 0 Å². The zero-order valence-electron chi connectivity index (χ0n) is 7.92. The van der Waals surface area contributed by atoms with E-state index in [1.807, 2.05) is 12.1 Å². The first-order valence-corrected chi connectivity index (χ1v) is 4.80. The smallest absolute Gasteiger partial charge is 0.150 e. The van der Waals surface area contributed by atoms with E-state index in [0.29, 0.717) is 5.41 Å². The van der Waals surface area contributed by atoms with Gasteiger partial charge < -0.3 is 0 Å². The maximum absolute atomic E-state index is 10.5. The van der Waals surface area contributed by atoms with Gasteiger partial charge in [-0.05, 0) is 23.8 Å². The highest BCUT2D eigenvalue weighted by Crippen LogP contribution is 2.42. The van der Waals surface area contributed by atoms with E-state index in [2.05, 4.69) is 19.1 Å². The van der Waals surface area contributed by atoms with Crippen molar-refractivity contribution in [1.29, 1.82) is 0 Å². The average Bonchev–Trinajstić information content (AvgIpc) is 2.14. The van der Waals surface area contributed by atoms with Crippen LogP contribution in [0.2, 0.25) is 0 Å². The zero-order chi connectivity index (χ0) is 9.31. The summed E-state index contributed by atoms with van der Waals surface area (Å²) in [6.07, 6.45) is 4.81. The summed E-state index contributed by atoms with van der Waals surface area (Å²) in [6, 6.07) is 7.99. The van der Waals surface area contributed by atoms with E-state index in [9.17, 15) is 4.79 Å². The molecule has 1 saturated carbocycles. The molecular weight excluding hydrogens is 160 g/mol. The fourth-order valence-corrected chi connectivity index (χ4v) is 1.96. The van der Waals surface area contributed by atoms with Crippen LogP contribution < -0.4 is 0 Å². The van der Waals surface area contributed by atoms with E-state index >= 15 is 0 Å². The summed E-state index contributed by atoms with van der Waals surface area (Å²) in [6.45, 7) is 2.30. The first-order chi connectivity index (χ1) is 6.24. The molecule has 1 aliphatic rings. The molecule has 0 heterocycles. The van der Waals surface area contributed by atoms with Gasteiger partial charge in [0.05, 0.1) is 0 Å². The van der Waals surface area contributed by atoms with Gasteiger partial charge in [-0.3, -0.25) is 4.79 Å². The van der Waals surface area contributed by atoms with Crippen LogP contribution in [0.5, 0.6) is 0 Å². The Kier molecular flexibility index (Phi) is 1.95. The maximum atomic E-state index is 10.5. The van der Waals surface area contributed by atoms with Crippen LogP contribution in [0, 0.1) is 0 Å². The topological polar surface area (TPSA) is 17.1 Å². The van der Waals surface area contributed by atoms with Gasteiger partial charge in [0.25, 0.3) is 0 Å². The number of benzene rings is 1. The van der Waals surface area contributed by atoms with E-state index in [-0.39, 0.29) is 0 Å². The molecule has 2 rings (SSSR count). The van der Waals surface area contributed by atoms with Gasteiger partial charge in [-0.1, -0.05) is 37.6 Å². The molecule has 0 amide bonds. The van der Waals surface area contributed by atoms with Gasteiger partial charge in [-0.25, -0.2) is 0 Å². The van der Waals surface area contributed by atoms with E-state index in [1.54, 1.807) is 0 Å². The number of hydrogen-bond donors (Lipinski definition) is 0. The molecule has 0 N–H and O–H groups in total. The standard InChI is InChI=1S/C12H14O/c1-12(7-2-8-12)11-5-3-10(9-13)4-6-11/h3-6,9H,2,7-8H2,1H3. The highest BCUT2D eigenvalue weighted by molar-refractivity contribution is 5.74. The van der Waals surface area contributed by atoms with E-state index in [0.717, 1.165) is 11.8 Å². The fraction of sp³-hybridized carbons (Fsp3) is 0.417. The highest BCUT2D eigenvalue weighted by Gasteiger charge is 2.33. The number of carbonyl (C=O) groups excluding carboxylic acids is 1. The van der Waals surface area contributed by atoms with Crippen LogP contribution in [0.15, 0.2) is 24.3 Å². The van der Waals surface area contributed by atoms with Crippen LogP contribution in [0.4, 0.5) is 0 Å². The van der Waals surface area contributed by atoms with Crippen LogP contribution in [0.25, 0.3) is 0 Å². The Morgan fingerprint density at radius 1 is 1.23 bits per heavy atom. The molecule has 0 atom stereocenters. The van der Waals surface area contributed by atoms with Crippen molar-refractivity contribution in [3.8, 4) is 0 Å². The molecule has 0 aliphatic heterocycles. The second-order valence-electron chi connectivity index (χ2n) is 4.15. The molecule has 68 valence electrons. The SMILES string of the molecule is CC1(c2ccc(C=O)cc2)CCC1. The third-order valence-electron chi connectivity index (χ3n) is 3.20. The molecule has 1 fully saturated rings. The predicted molar refractivity (Wildman–Crippen MR) is 53.0 cm³/mol. The largest absolute Gasteiger partial charge is 0.298 e. The average molecular weight is 174 g/mol. The van der Waals surface area contributed by atoms with Crippen molar-refractivity contribution in [2.75, 3.05) is 0 Å². The first-order valence-electron chi connectivity index (χ1n) is 4.80. The first kappa shape index (κ1) is 8.49. The molecule has 0 saturated heterocycles. The Morgan fingerprint density at radius 2 is 1.85 bits per heavy atom. The van der Waals surface area contributed by atoms with Crippen LogP contribution in [-0.4, -0.2) is 6.29 Å². The minimum atomic E-state index is 0.390. The molecule has 1 aliphatic carbocycles. The molecule has 0 spiro atoms. The molecule has 1 heteroatoms. The molecule has 0 unspecified atom stereocenters. The Bertz CT molecular complexity index is 306. The summed E-state index contributed by atoms with van der Waals surface area (Å²) in [4.78, 5) is 10.5. The molecule has 0 aromatic heterocycles. The van der Waals surface area contributed by atoms with Crippen LogP contribution in [0.1, 0.15) is 42.1 Å². The molecule has 1 nitrogen and oxygen atoms in total. The minimum Gasteiger partial charge on any atom is -0.298 e. The van der Waals surface area contributed by atoms with Crippen molar-refractivity contribution >= 4 is 6.29 Å². The number of carbonyl (C=O) groups is 1. The van der Waals surface area contributed by atoms with Crippen LogP contribution >= 0.6 is 0 Å². The summed E-state index contributed by atoms with van der Waals surface area (Å²) < 4.78 is 0. The number of hydrogen-bond acceptors (Lipinski definition) is 1. The second kappa shape index (κ2) is 2.99. The Balaban J connectivity index is 2.27. The quantitative estimate of drug-likeness (QED) is 0.630. The summed E-state index contributed by atoms with van der Waals surface area (Å²) in [5.41, 5.74) is 2.54. The summed E-state index contributed by atoms with van der Waals surface area (Å²) in [7, 11) is 0. The van der Waals surface area contributed by atoms with E-state index in [4.69, 9.17) is 0 Å². The molecule has 1 aromatic carbocycles. The lowest BCUT2D eigenvalue weighted by Crippen LogP contribution is -2.30. The number of rotatable bonds is 2. The van der Waals surface area contributed by atoms with Crippen LogP contribution in [-0.2, 0) is 5.41 Å². The van der Waals surface area contributed by atoms with Gasteiger partial charge in [0.15, 0.2) is 0 Å². The summed E-state index contributed by atoms with van der Waals surface area (Å²) in [5.74, 6) is 0. The van der Waals surface area contributed by atoms with E-state index < -0.39 is 0 Å². The van der Waals surface area contributed by atoms with Gasteiger partial charge in [-0.2, -0.15) is 0 Å². The Hall–Kier alpha value is -1.11. The van der Waals surface area contributed by atoms with Gasteiger partial charge in [-0.15, -0.1) is 0 Å². The fourth-order valence-electron chi connectivity index (χ4n) is 1.96. The van der Waals surface area contributed by atoms with Gasteiger partial charge >= 0.3 is 0 Å². The lowest BCUT2D eigenvalue weighted by Gasteiger charge is -2.39.